The number of fused-ring (bicyclic) bond motifs is 1. The van der Waals surface area contributed by atoms with Crippen LogP contribution in [0.5, 0.6) is 11.5 Å². The van der Waals surface area contributed by atoms with E-state index in [1.807, 2.05) is 60.7 Å². The normalized spacial score (nSPS) is 11.3. The van der Waals surface area contributed by atoms with Gasteiger partial charge >= 0.3 is 0 Å². The van der Waals surface area contributed by atoms with Crippen LogP contribution in [-0.2, 0) is 10.0 Å². The Morgan fingerprint density at radius 1 is 0.679 bits per heavy atom. The van der Waals surface area contributed by atoms with Gasteiger partial charge in [-0.3, -0.25) is 4.31 Å². The van der Waals surface area contributed by atoms with E-state index in [1.165, 1.54) is 4.31 Å². The van der Waals surface area contributed by atoms with Crippen LogP contribution in [0.4, 0.5) is 5.69 Å². The number of ether oxygens (including phenoxy) is 1. The summed E-state index contributed by atoms with van der Waals surface area (Å²) in [6.07, 6.45) is 0. The van der Waals surface area contributed by atoms with E-state index in [-0.39, 0.29) is 4.90 Å². The molecule has 4 aromatic rings. The maximum Gasteiger partial charge on any atom is 0.264 e. The summed E-state index contributed by atoms with van der Waals surface area (Å²) in [5.74, 6) is 1.37. The monoisotopic (exact) mass is 389 g/mol. The Balaban J connectivity index is 1.59. The van der Waals surface area contributed by atoms with Crippen LogP contribution in [0.25, 0.3) is 10.8 Å². The Hall–Kier alpha value is -3.31. The highest BCUT2D eigenvalue weighted by Crippen LogP contribution is 2.28. The van der Waals surface area contributed by atoms with Crippen molar-refractivity contribution in [1.82, 2.24) is 0 Å². The fourth-order valence-corrected chi connectivity index (χ4v) is 4.20. The molecule has 140 valence electrons. The summed E-state index contributed by atoms with van der Waals surface area (Å²) in [5.41, 5.74) is 0.563. The topological polar surface area (TPSA) is 46.6 Å². The third-order valence-corrected chi connectivity index (χ3v) is 6.34. The highest BCUT2D eigenvalue weighted by molar-refractivity contribution is 7.92. The Bertz CT molecular complexity index is 1200. The van der Waals surface area contributed by atoms with Gasteiger partial charge in [-0.2, -0.15) is 0 Å². The van der Waals surface area contributed by atoms with Gasteiger partial charge in [0.15, 0.2) is 0 Å². The van der Waals surface area contributed by atoms with Crippen LogP contribution in [0.2, 0.25) is 0 Å². The molecule has 0 N–H and O–H groups in total. The molecular formula is C23H19NO3S. The summed E-state index contributed by atoms with van der Waals surface area (Å²) in [6.45, 7) is 0. The number of anilines is 1. The number of benzene rings is 4. The van der Waals surface area contributed by atoms with Crippen LogP contribution in [0.15, 0.2) is 102 Å². The summed E-state index contributed by atoms with van der Waals surface area (Å²) in [6, 6.07) is 29.3. The lowest BCUT2D eigenvalue weighted by Crippen LogP contribution is -2.26. The minimum Gasteiger partial charge on any atom is -0.457 e. The van der Waals surface area contributed by atoms with Crippen molar-refractivity contribution in [2.45, 2.75) is 4.90 Å². The van der Waals surface area contributed by atoms with Gasteiger partial charge in [-0.1, -0.05) is 48.5 Å². The maximum absolute atomic E-state index is 13.0. The molecule has 4 nitrogen and oxygen atoms in total. The molecule has 0 atom stereocenters. The summed E-state index contributed by atoms with van der Waals surface area (Å²) in [4.78, 5) is 0.262. The lowest BCUT2D eigenvalue weighted by atomic mass is 10.1. The van der Waals surface area contributed by atoms with Crippen LogP contribution in [0, 0.1) is 0 Å². The second-order valence-corrected chi connectivity index (χ2v) is 8.36. The van der Waals surface area contributed by atoms with Crippen molar-refractivity contribution in [3.63, 3.8) is 0 Å². The summed E-state index contributed by atoms with van der Waals surface area (Å²) in [7, 11) is -2.11. The van der Waals surface area contributed by atoms with E-state index in [4.69, 9.17) is 4.74 Å². The zero-order chi connectivity index (χ0) is 19.6. The molecule has 0 bridgehead atoms. The van der Waals surface area contributed by atoms with E-state index in [9.17, 15) is 8.42 Å². The molecule has 0 radical (unpaired) electrons. The fraction of sp³-hybridized carbons (Fsp3) is 0.0435. The lowest BCUT2D eigenvalue weighted by molar-refractivity contribution is 0.482. The zero-order valence-electron chi connectivity index (χ0n) is 15.3. The van der Waals surface area contributed by atoms with Gasteiger partial charge in [0, 0.05) is 7.05 Å². The number of sulfonamides is 1. The third-order valence-electron chi connectivity index (χ3n) is 4.56. The van der Waals surface area contributed by atoms with Gasteiger partial charge in [0.2, 0.25) is 0 Å². The van der Waals surface area contributed by atoms with E-state index in [1.54, 1.807) is 43.4 Å². The van der Waals surface area contributed by atoms with E-state index in [0.717, 1.165) is 16.5 Å². The average Bonchev–Trinajstić information content (AvgIpc) is 2.74. The lowest BCUT2D eigenvalue weighted by Gasteiger charge is -2.20. The summed E-state index contributed by atoms with van der Waals surface area (Å²) >= 11 is 0. The first-order valence-electron chi connectivity index (χ1n) is 8.85. The molecule has 0 aliphatic heterocycles. The maximum atomic E-state index is 13.0. The summed E-state index contributed by atoms with van der Waals surface area (Å²) in [5, 5.41) is 1.90. The van der Waals surface area contributed by atoms with Crippen LogP contribution >= 0.6 is 0 Å². The smallest absolute Gasteiger partial charge is 0.264 e. The van der Waals surface area contributed by atoms with Crippen LogP contribution in [-0.4, -0.2) is 15.5 Å². The molecule has 4 rings (SSSR count). The molecule has 0 fully saturated rings. The van der Waals surface area contributed by atoms with Gasteiger partial charge in [0.1, 0.15) is 11.5 Å². The minimum atomic E-state index is -3.66. The second-order valence-electron chi connectivity index (χ2n) is 6.39. The van der Waals surface area contributed by atoms with Gasteiger partial charge in [-0.05, 0) is 59.3 Å². The molecule has 0 amide bonds. The van der Waals surface area contributed by atoms with Crippen molar-refractivity contribution in [2.24, 2.45) is 0 Å². The van der Waals surface area contributed by atoms with Gasteiger partial charge in [0.25, 0.3) is 10.0 Å². The largest absolute Gasteiger partial charge is 0.457 e. The first-order chi connectivity index (χ1) is 13.5. The Labute approximate surface area is 164 Å². The van der Waals surface area contributed by atoms with Crippen molar-refractivity contribution in [3.05, 3.63) is 97.1 Å². The van der Waals surface area contributed by atoms with Gasteiger partial charge in [-0.25, -0.2) is 8.42 Å². The zero-order valence-corrected chi connectivity index (χ0v) is 16.1. The molecule has 5 heteroatoms. The number of hydrogen-bond donors (Lipinski definition) is 0. The predicted molar refractivity (Wildman–Crippen MR) is 112 cm³/mol. The van der Waals surface area contributed by atoms with Crippen molar-refractivity contribution >= 4 is 26.5 Å². The molecule has 0 unspecified atom stereocenters. The van der Waals surface area contributed by atoms with E-state index >= 15 is 0 Å². The van der Waals surface area contributed by atoms with Crippen LogP contribution in [0.3, 0.4) is 0 Å². The molecule has 28 heavy (non-hydrogen) atoms. The Kier molecular flexibility index (Phi) is 4.75. The summed E-state index contributed by atoms with van der Waals surface area (Å²) < 4.78 is 33.1. The number of rotatable bonds is 5. The predicted octanol–water partition coefficient (Wildman–Crippen LogP) is 5.46. The molecule has 0 spiro atoms. The van der Waals surface area contributed by atoms with Crippen LogP contribution in [0.1, 0.15) is 0 Å². The number of hydrogen-bond acceptors (Lipinski definition) is 3. The van der Waals surface area contributed by atoms with Crippen LogP contribution < -0.4 is 9.04 Å². The van der Waals surface area contributed by atoms with E-state index in [0.29, 0.717) is 11.4 Å². The fourth-order valence-electron chi connectivity index (χ4n) is 2.97. The standard InChI is InChI=1S/C23H19NO3S/c1-24(20-12-14-22(15-13-20)27-21-9-3-2-4-10-21)28(25,26)23-16-11-18-7-5-6-8-19(18)17-23/h2-17H,1H3. The Morgan fingerprint density at radius 2 is 1.29 bits per heavy atom. The first kappa shape index (κ1) is 18.1. The second kappa shape index (κ2) is 7.37. The molecule has 0 aliphatic rings. The van der Waals surface area contributed by atoms with Gasteiger partial charge in [0.05, 0.1) is 10.6 Å². The average molecular weight is 389 g/mol. The van der Waals surface area contributed by atoms with Crippen molar-refractivity contribution in [3.8, 4) is 11.5 Å². The molecule has 0 aromatic heterocycles. The highest BCUT2D eigenvalue weighted by atomic mass is 32.2. The molecular weight excluding hydrogens is 370 g/mol. The first-order valence-corrected chi connectivity index (χ1v) is 10.3. The van der Waals surface area contributed by atoms with Crippen molar-refractivity contribution in [2.75, 3.05) is 11.4 Å². The van der Waals surface area contributed by atoms with Gasteiger partial charge in [-0.15, -0.1) is 0 Å². The SMILES string of the molecule is CN(c1ccc(Oc2ccccc2)cc1)S(=O)(=O)c1ccc2ccccc2c1. The number of nitrogens with zero attached hydrogens (tertiary/aromatic N) is 1. The van der Waals surface area contributed by atoms with E-state index < -0.39 is 10.0 Å². The Morgan fingerprint density at radius 3 is 2.00 bits per heavy atom. The minimum absolute atomic E-state index is 0.262. The van der Waals surface area contributed by atoms with E-state index in [2.05, 4.69) is 0 Å². The van der Waals surface area contributed by atoms with Gasteiger partial charge < -0.3 is 4.74 Å². The highest BCUT2D eigenvalue weighted by Gasteiger charge is 2.21. The molecule has 0 heterocycles. The molecule has 4 aromatic carbocycles. The molecule has 0 saturated heterocycles. The molecule has 0 saturated carbocycles. The number of para-hydroxylation sites is 1. The molecule has 0 aliphatic carbocycles. The van der Waals surface area contributed by atoms with Crippen molar-refractivity contribution in [1.29, 1.82) is 0 Å². The van der Waals surface area contributed by atoms with Crippen molar-refractivity contribution < 1.29 is 13.2 Å². The quantitative estimate of drug-likeness (QED) is 0.455. The third kappa shape index (κ3) is 3.57.